The Labute approximate surface area is 178 Å². The van der Waals surface area contributed by atoms with Crippen molar-refractivity contribution in [1.82, 2.24) is 9.88 Å². The van der Waals surface area contributed by atoms with Crippen LogP contribution < -0.4 is 10.2 Å². The van der Waals surface area contributed by atoms with Crippen LogP contribution in [0.3, 0.4) is 0 Å². The lowest BCUT2D eigenvalue weighted by atomic mass is 10.1. The number of aromatic nitrogens is 1. The standard InChI is InChI=1S/C22H23F3N4O2/c23-22(24,25)16-6-7-20(19(14-16)27-21(30)18-5-1-2-8-26-18)29-11-9-28(10-12-29)15-17-4-3-13-31-17/h1-2,4-8,14H,3,9-13,15H2,(H,27,30). The van der Waals surface area contributed by atoms with Gasteiger partial charge in [-0.2, -0.15) is 13.2 Å². The van der Waals surface area contributed by atoms with Gasteiger partial charge in [0.05, 0.1) is 30.1 Å². The van der Waals surface area contributed by atoms with E-state index in [4.69, 9.17) is 4.74 Å². The summed E-state index contributed by atoms with van der Waals surface area (Å²) in [5.41, 5.74) is 0.0195. The number of carbonyl (C=O) groups excluding carboxylic acids is 1. The first-order valence-corrected chi connectivity index (χ1v) is 10.1. The molecule has 2 aromatic rings. The van der Waals surface area contributed by atoms with Crippen LogP contribution in [-0.2, 0) is 10.9 Å². The smallest absolute Gasteiger partial charge is 0.416 e. The molecule has 0 unspecified atom stereocenters. The summed E-state index contributed by atoms with van der Waals surface area (Å²) in [6.07, 6.45) is -0.0188. The molecule has 9 heteroatoms. The predicted molar refractivity (Wildman–Crippen MR) is 111 cm³/mol. The molecule has 0 bridgehead atoms. The van der Waals surface area contributed by atoms with E-state index in [1.54, 1.807) is 12.1 Å². The Hall–Kier alpha value is -3.07. The van der Waals surface area contributed by atoms with E-state index in [1.807, 2.05) is 4.90 Å². The van der Waals surface area contributed by atoms with Gasteiger partial charge < -0.3 is 15.0 Å². The number of carbonyl (C=O) groups is 1. The minimum Gasteiger partial charge on any atom is -0.497 e. The van der Waals surface area contributed by atoms with E-state index < -0.39 is 17.6 Å². The molecule has 0 atom stereocenters. The summed E-state index contributed by atoms with van der Waals surface area (Å²) in [7, 11) is 0. The number of benzene rings is 1. The largest absolute Gasteiger partial charge is 0.497 e. The zero-order valence-electron chi connectivity index (χ0n) is 16.9. The molecule has 3 heterocycles. The number of nitrogens with one attached hydrogen (secondary N) is 1. The average Bonchev–Trinajstić information content (AvgIpc) is 3.27. The number of amides is 1. The molecule has 6 nitrogen and oxygen atoms in total. The lowest BCUT2D eigenvalue weighted by molar-refractivity contribution is -0.137. The number of piperazine rings is 1. The van der Waals surface area contributed by atoms with E-state index in [-0.39, 0.29) is 11.4 Å². The average molecular weight is 432 g/mol. The quantitative estimate of drug-likeness (QED) is 0.780. The molecule has 0 spiro atoms. The SMILES string of the molecule is O=C(Nc1cc(C(F)(F)F)ccc1N1CCN(CC2=CCCO2)CC1)c1ccccn1. The number of hydrogen-bond donors (Lipinski definition) is 1. The monoisotopic (exact) mass is 432 g/mol. The van der Waals surface area contributed by atoms with Crippen LogP contribution in [0.1, 0.15) is 22.5 Å². The van der Waals surface area contributed by atoms with Crippen LogP contribution in [0.2, 0.25) is 0 Å². The van der Waals surface area contributed by atoms with Crippen molar-refractivity contribution in [3.05, 3.63) is 65.7 Å². The second kappa shape index (κ2) is 8.97. The van der Waals surface area contributed by atoms with Crippen molar-refractivity contribution in [1.29, 1.82) is 0 Å². The van der Waals surface area contributed by atoms with Crippen LogP contribution in [0, 0.1) is 0 Å². The Morgan fingerprint density at radius 3 is 2.58 bits per heavy atom. The van der Waals surface area contributed by atoms with Crippen molar-refractivity contribution in [2.24, 2.45) is 0 Å². The Balaban J connectivity index is 1.52. The molecule has 164 valence electrons. The fourth-order valence-corrected chi connectivity index (χ4v) is 3.72. The van der Waals surface area contributed by atoms with Gasteiger partial charge in [0, 0.05) is 38.8 Å². The molecule has 0 radical (unpaired) electrons. The van der Waals surface area contributed by atoms with Gasteiger partial charge in [0.1, 0.15) is 11.5 Å². The van der Waals surface area contributed by atoms with E-state index in [9.17, 15) is 18.0 Å². The van der Waals surface area contributed by atoms with Crippen LogP contribution in [0.15, 0.2) is 54.4 Å². The molecule has 1 amide bonds. The molecule has 1 aromatic carbocycles. The zero-order chi connectivity index (χ0) is 21.8. The molecule has 2 aliphatic rings. The van der Waals surface area contributed by atoms with Gasteiger partial charge in [0.25, 0.3) is 5.91 Å². The fraction of sp³-hybridized carbons (Fsp3) is 0.364. The summed E-state index contributed by atoms with van der Waals surface area (Å²) < 4.78 is 45.4. The number of ether oxygens (including phenoxy) is 1. The molecule has 1 N–H and O–H groups in total. The molecule has 1 fully saturated rings. The summed E-state index contributed by atoms with van der Waals surface area (Å²) in [6.45, 7) is 4.21. The Kier molecular flexibility index (Phi) is 6.13. The first-order chi connectivity index (χ1) is 14.9. The zero-order valence-corrected chi connectivity index (χ0v) is 16.9. The van der Waals surface area contributed by atoms with E-state index in [2.05, 4.69) is 21.3 Å². The summed E-state index contributed by atoms with van der Waals surface area (Å²) in [5.74, 6) is 0.427. The topological polar surface area (TPSA) is 57.7 Å². The van der Waals surface area contributed by atoms with Crippen LogP contribution >= 0.6 is 0 Å². The Morgan fingerprint density at radius 2 is 1.94 bits per heavy atom. The highest BCUT2D eigenvalue weighted by atomic mass is 19.4. The van der Waals surface area contributed by atoms with Crippen LogP contribution in [0.5, 0.6) is 0 Å². The van der Waals surface area contributed by atoms with Crippen LogP contribution in [0.25, 0.3) is 0 Å². The van der Waals surface area contributed by atoms with E-state index >= 15 is 0 Å². The highest BCUT2D eigenvalue weighted by Crippen LogP contribution is 2.36. The molecule has 4 rings (SSSR count). The first-order valence-electron chi connectivity index (χ1n) is 10.1. The van der Waals surface area contributed by atoms with Crippen molar-refractivity contribution in [2.45, 2.75) is 12.6 Å². The molecule has 1 saturated heterocycles. The third-order valence-electron chi connectivity index (χ3n) is 5.34. The normalized spacial score (nSPS) is 17.3. The highest BCUT2D eigenvalue weighted by molar-refractivity contribution is 6.04. The van der Waals surface area contributed by atoms with Gasteiger partial charge in [-0.3, -0.25) is 14.7 Å². The lowest BCUT2D eigenvalue weighted by Crippen LogP contribution is -2.47. The molecule has 0 aliphatic carbocycles. The number of nitrogens with zero attached hydrogens (tertiary/aromatic N) is 3. The van der Waals surface area contributed by atoms with Gasteiger partial charge in [-0.05, 0) is 36.4 Å². The van der Waals surface area contributed by atoms with Crippen LogP contribution in [0.4, 0.5) is 24.5 Å². The minimum absolute atomic E-state index is 0.126. The van der Waals surface area contributed by atoms with Crippen molar-refractivity contribution in [2.75, 3.05) is 49.5 Å². The Bertz CT molecular complexity index is 955. The molecule has 0 saturated carbocycles. The third kappa shape index (κ3) is 5.16. The van der Waals surface area contributed by atoms with Crippen molar-refractivity contribution in [3.8, 4) is 0 Å². The maximum absolute atomic E-state index is 13.3. The molecule has 1 aromatic heterocycles. The minimum atomic E-state index is -4.50. The molecule has 2 aliphatic heterocycles. The number of anilines is 2. The van der Waals surface area contributed by atoms with Gasteiger partial charge in [0.2, 0.25) is 0 Å². The summed E-state index contributed by atoms with van der Waals surface area (Å²) >= 11 is 0. The summed E-state index contributed by atoms with van der Waals surface area (Å²) in [6, 6.07) is 8.29. The second-order valence-electron chi connectivity index (χ2n) is 7.47. The van der Waals surface area contributed by atoms with Crippen molar-refractivity contribution in [3.63, 3.8) is 0 Å². The number of rotatable bonds is 5. The van der Waals surface area contributed by atoms with Gasteiger partial charge >= 0.3 is 6.18 Å². The van der Waals surface area contributed by atoms with Gasteiger partial charge in [-0.1, -0.05) is 6.07 Å². The lowest BCUT2D eigenvalue weighted by Gasteiger charge is -2.37. The number of halogens is 3. The molecular formula is C22H23F3N4O2. The Morgan fingerprint density at radius 1 is 1.13 bits per heavy atom. The fourth-order valence-electron chi connectivity index (χ4n) is 3.72. The maximum atomic E-state index is 13.3. The predicted octanol–water partition coefficient (Wildman–Crippen LogP) is 3.78. The van der Waals surface area contributed by atoms with Crippen molar-refractivity contribution < 1.29 is 22.7 Å². The van der Waals surface area contributed by atoms with Crippen LogP contribution in [-0.4, -0.2) is 55.1 Å². The van der Waals surface area contributed by atoms with Gasteiger partial charge in [-0.25, -0.2) is 0 Å². The molecule has 31 heavy (non-hydrogen) atoms. The van der Waals surface area contributed by atoms with E-state index in [1.165, 1.54) is 18.3 Å². The summed E-state index contributed by atoms with van der Waals surface area (Å²) in [4.78, 5) is 20.8. The highest BCUT2D eigenvalue weighted by Gasteiger charge is 2.32. The maximum Gasteiger partial charge on any atom is 0.416 e. The van der Waals surface area contributed by atoms with Gasteiger partial charge in [-0.15, -0.1) is 0 Å². The number of alkyl halides is 3. The molecular weight excluding hydrogens is 409 g/mol. The third-order valence-corrected chi connectivity index (χ3v) is 5.34. The first kappa shape index (κ1) is 21.2. The number of hydrogen-bond acceptors (Lipinski definition) is 5. The van der Waals surface area contributed by atoms with Gasteiger partial charge in [0.15, 0.2) is 0 Å². The number of pyridine rings is 1. The van der Waals surface area contributed by atoms with Crippen molar-refractivity contribution >= 4 is 17.3 Å². The van der Waals surface area contributed by atoms with E-state index in [0.717, 1.165) is 50.6 Å². The summed E-state index contributed by atoms with van der Waals surface area (Å²) in [5, 5.41) is 2.62. The second-order valence-corrected chi connectivity index (χ2v) is 7.47. The van der Waals surface area contributed by atoms with E-state index in [0.29, 0.717) is 18.8 Å².